The lowest BCUT2D eigenvalue weighted by atomic mass is 10.1. The van der Waals surface area contributed by atoms with Gasteiger partial charge in [0.1, 0.15) is 0 Å². The average Bonchev–Trinajstić information content (AvgIpc) is 2.88. The Balaban J connectivity index is 1.87. The number of carbonyl (C=O) groups is 2. The predicted octanol–water partition coefficient (Wildman–Crippen LogP) is 3.46. The van der Waals surface area contributed by atoms with Gasteiger partial charge in [0.2, 0.25) is 0 Å². The zero-order valence-corrected chi connectivity index (χ0v) is 20.5. The maximum atomic E-state index is 12.9. The number of hydrazone groups is 1. The van der Waals surface area contributed by atoms with Crippen molar-refractivity contribution >= 4 is 18.0 Å². The average molecular weight is 469 g/mol. The van der Waals surface area contributed by atoms with Crippen molar-refractivity contribution in [3.05, 3.63) is 59.7 Å². The van der Waals surface area contributed by atoms with E-state index in [9.17, 15) is 9.59 Å². The van der Waals surface area contributed by atoms with Gasteiger partial charge in [0.05, 0.1) is 26.5 Å². The van der Waals surface area contributed by atoms with Crippen LogP contribution in [-0.4, -0.2) is 62.8 Å². The predicted molar refractivity (Wildman–Crippen MR) is 135 cm³/mol. The maximum absolute atomic E-state index is 12.9. The third kappa shape index (κ3) is 8.19. The first-order chi connectivity index (χ1) is 16.5. The fourth-order valence-corrected chi connectivity index (χ4v) is 3.68. The van der Waals surface area contributed by atoms with Crippen LogP contribution in [0.5, 0.6) is 11.5 Å². The van der Waals surface area contributed by atoms with Gasteiger partial charge in [0, 0.05) is 12.1 Å². The van der Waals surface area contributed by atoms with Crippen LogP contribution in [0.2, 0.25) is 0 Å². The Hall–Kier alpha value is -3.39. The number of nitrogens with zero attached hydrogens (tertiary/aromatic N) is 2. The Kier molecular flexibility index (Phi) is 11.6. The first kappa shape index (κ1) is 26.9. The Morgan fingerprint density at radius 2 is 1.71 bits per heavy atom. The summed E-state index contributed by atoms with van der Waals surface area (Å²) in [4.78, 5) is 27.2. The van der Waals surface area contributed by atoms with E-state index in [2.05, 4.69) is 20.7 Å². The highest BCUT2D eigenvalue weighted by atomic mass is 16.5. The van der Waals surface area contributed by atoms with E-state index in [-0.39, 0.29) is 17.9 Å². The first-order valence-corrected chi connectivity index (χ1v) is 11.7. The summed E-state index contributed by atoms with van der Waals surface area (Å²) in [5, 5.41) is 7.07. The molecular weight excluding hydrogens is 432 g/mol. The minimum Gasteiger partial charge on any atom is -0.493 e. The molecule has 8 nitrogen and oxygen atoms in total. The fourth-order valence-electron chi connectivity index (χ4n) is 3.68. The van der Waals surface area contributed by atoms with E-state index in [1.807, 2.05) is 38.1 Å². The van der Waals surface area contributed by atoms with Crippen molar-refractivity contribution in [2.45, 2.75) is 39.2 Å². The lowest BCUT2D eigenvalue weighted by Crippen LogP contribution is -2.45. The molecule has 0 fully saturated rings. The number of nitrogens with one attached hydrogen (secondary N) is 2. The molecule has 0 spiro atoms. The van der Waals surface area contributed by atoms with Crippen LogP contribution in [0.4, 0.5) is 0 Å². The summed E-state index contributed by atoms with van der Waals surface area (Å²) in [5.41, 5.74) is 4.11. The van der Waals surface area contributed by atoms with E-state index in [0.717, 1.165) is 31.5 Å². The molecule has 2 aromatic rings. The SMILES string of the molecule is CCN(CC)C(CCCCNC(=O)c1ccccc1)C(=O)N/N=C/c1ccc(OC)c(OC)c1. The molecule has 2 aromatic carbocycles. The molecular formula is C26H36N4O4. The Bertz CT molecular complexity index is 930. The number of rotatable bonds is 14. The molecule has 0 heterocycles. The van der Waals surface area contributed by atoms with Crippen molar-refractivity contribution in [1.82, 2.24) is 15.6 Å². The van der Waals surface area contributed by atoms with Crippen molar-refractivity contribution in [1.29, 1.82) is 0 Å². The van der Waals surface area contributed by atoms with Crippen LogP contribution < -0.4 is 20.2 Å². The third-order valence-corrected chi connectivity index (χ3v) is 5.58. The summed E-state index contributed by atoms with van der Waals surface area (Å²) >= 11 is 0. The van der Waals surface area contributed by atoms with Crippen molar-refractivity contribution in [2.75, 3.05) is 33.9 Å². The van der Waals surface area contributed by atoms with E-state index in [4.69, 9.17) is 9.47 Å². The van der Waals surface area contributed by atoms with E-state index in [0.29, 0.717) is 30.0 Å². The summed E-state index contributed by atoms with van der Waals surface area (Å²) in [6.07, 6.45) is 3.86. The number of benzene rings is 2. The minimum atomic E-state index is -0.289. The summed E-state index contributed by atoms with van der Waals surface area (Å²) < 4.78 is 10.5. The molecule has 0 aliphatic rings. The van der Waals surface area contributed by atoms with Gasteiger partial charge >= 0.3 is 0 Å². The number of hydrogen-bond donors (Lipinski definition) is 2. The number of methoxy groups -OCH3 is 2. The summed E-state index contributed by atoms with van der Waals surface area (Å²) in [5.74, 6) is 1.00. The quantitative estimate of drug-likeness (QED) is 0.252. The molecule has 8 heteroatoms. The van der Waals surface area contributed by atoms with Gasteiger partial charge in [-0.15, -0.1) is 0 Å². The van der Waals surface area contributed by atoms with Crippen LogP contribution in [-0.2, 0) is 4.79 Å². The molecule has 0 radical (unpaired) electrons. The topological polar surface area (TPSA) is 92.3 Å². The van der Waals surface area contributed by atoms with Crippen LogP contribution >= 0.6 is 0 Å². The van der Waals surface area contributed by atoms with Crippen LogP contribution in [0.15, 0.2) is 53.6 Å². The monoisotopic (exact) mass is 468 g/mol. The van der Waals surface area contributed by atoms with Crippen LogP contribution in [0.3, 0.4) is 0 Å². The molecule has 0 saturated carbocycles. The van der Waals surface area contributed by atoms with Crippen LogP contribution in [0.1, 0.15) is 49.0 Å². The molecule has 1 unspecified atom stereocenters. The summed E-state index contributed by atoms with van der Waals surface area (Å²) in [6, 6.07) is 14.3. The molecule has 0 aliphatic heterocycles. The molecule has 0 aliphatic carbocycles. The van der Waals surface area contributed by atoms with E-state index < -0.39 is 0 Å². The molecule has 0 bridgehead atoms. The zero-order valence-electron chi connectivity index (χ0n) is 20.5. The van der Waals surface area contributed by atoms with E-state index >= 15 is 0 Å². The van der Waals surface area contributed by atoms with Gasteiger partial charge < -0.3 is 14.8 Å². The number of amides is 2. The number of likely N-dealkylation sites (N-methyl/N-ethyl adjacent to an activating group) is 1. The number of unbranched alkanes of at least 4 members (excludes halogenated alkanes) is 1. The van der Waals surface area contributed by atoms with E-state index in [1.165, 1.54) is 0 Å². The first-order valence-electron chi connectivity index (χ1n) is 11.7. The van der Waals surface area contributed by atoms with Gasteiger partial charge in [-0.1, -0.05) is 32.0 Å². The fraction of sp³-hybridized carbons (Fsp3) is 0.423. The maximum Gasteiger partial charge on any atom is 0.257 e. The largest absolute Gasteiger partial charge is 0.493 e. The summed E-state index contributed by atoms with van der Waals surface area (Å²) in [6.45, 7) is 6.17. The smallest absolute Gasteiger partial charge is 0.257 e. The van der Waals surface area contributed by atoms with Gasteiger partial charge in [0.15, 0.2) is 11.5 Å². The van der Waals surface area contributed by atoms with Crippen molar-refractivity contribution in [3.63, 3.8) is 0 Å². The van der Waals surface area contributed by atoms with Crippen molar-refractivity contribution < 1.29 is 19.1 Å². The van der Waals surface area contributed by atoms with Crippen LogP contribution in [0.25, 0.3) is 0 Å². The second-order valence-electron chi connectivity index (χ2n) is 7.70. The molecule has 34 heavy (non-hydrogen) atoms. The van der Waals surface area contributed by atoms with Crippen molar-refractivity contribution in [3.8, 4) is 11.5 Å². The lowest BCUT2D eigenvalue weighted by Gasteiger charge is -2.28. The highest BCUT2D eigenvalue weighted by molar-refractivity contribution is 5.94. The molecule has 2 amide bonds. The molecule has 0 saturated heterocycles. The van der Waals surface area contributed by atoms with Crippen LogP contribution in [0, 0.1) is 0 Å². The standard InChI is InChI=1S/C26H36N4O4/c1-5-30(6-2)22(14-10-11-17-27-25(31)21-12-8-7-9-13-21)26(32)29-28-19-20-15-16-23(33-3)24(18-20)34-4/h7-9,12-13,15-16,18-19,22H,5-6,10-11,14,17H2,1-4H3,(H,27,31)(H,29,32)/b28-19+. The number of carbonyl (C=O) groups excluding carboxylic acids is 2. The lowest BCUT2D eigenvalue weighted by molar-refractivity contribution is -0.126. The highest BCUT2D eigenvalue weighted by Crippen LogP contribution is 2.26. The molecule has 2 N–H and O–H groups in total. The second-order valence-corrected chi connectivity index (χ2v) is 7.70. The van der Waals surface area contributed by atoms with Gasteiger partial charge in [-0.05, 0) is 68.2 Å². The zero-order chi connectivity index (χ0) is 24.8. The molecule has 1 atom stereocenters. The molecule has 2 rings (SSSR count). The number of hydrogen-bond acceptors (Lipinski definition) is 6. The Morgan fingerprint density at radius 1 is 1.00 bits per heavy atom. The third-order valence-electron chi connectivity index (χ3n) is 5.58. The second kappa shape index (κ2) is 14.7. The van der Waals surface area contributed by atoms with E-state index in [1.54, 1.807) is 44.7 Å². The highest BCUT2D eigenvalue weighted by Gasteiger charge is 2.23. The number of ether oxygens (including phenoxy) is 2. The molecule has 184 valence electrons. The van der Waals surface area contributed by atoms with Gasteiger partial charge in [-0.2, -0.15) is 5.10 Å². The minimum absolute atomic E-state index is 0.0804. The van der Waals surface area contributed by atoms with Crippen molar-refractivity contribution in [2.24, 2.45) is 5.10 Å². The summed E-state index contributed by atoms with van der Waals surface area (Å²) in [7, 11) is 3.15. The van der Waals surface area contributed by atoms with Gasteiger partial charge in [0.25, 0.3) is 11.8 Å². The normalized spacial score (nSPS) is 11.9. The molecule has 0 aromatic heterocycles. The Labute approximate surface area is 202 Å². The van der Waals surface area contributed by atoms with Gasteiger partial charge in [-0.3, -0.25) is 14.5 Å². The Morgan fingerprint density at radius 3 is 2.35 bits per heavy atom. The van der Waals surface area contributed by atoms with Gasteiger partial charge in [-0.25, -0.2) is 5.43 Å².